The molecule has 306 valence electrons. The Balaban J connectivity index is 1.17. The lowest BCUT2D eigenvalue weighted by Gasteiger charge is -2.35. The lowest BCUT2D eigenvalue weighted by atomic mass is 9.67. The molecule has 65 heavy (non-hydrogen) atoms. The van der Waals surface area contributed by atoms with Crippen LogP contribution in [0.2, 0.25) is 0 Å². The van der Waals surface area contributed by atoms with Crippen LogP contribution in [0.15, 0.2) is 241 Å². The van der Waals surface area contributed by atoms with Gasteiger partial charge in [0.05, 0.1) is 22.1 Å². The zero-order valence-corrected chi connectivity index (χ0v) is 35.2. The molecule has 0 saturated carbocycles. The van der Waals surface area contributed by atoms with Crippen LogP contribution in [0, 0.1) is 5.82 Å². The summed E-state index contributed by atoms with van der Waals surface area (Å²) in [6.45, 7) is 0. The molecule has 0 saturated heterocycles. The molecule has 2 aromatic heterocycles. The van der Waals surface area contributed by atoms with Crippen molar-refractivity contribution in [3.8, 4) is 27.9 Å². The van der Waals surface area contributed by atoms with Gasteiger partial charge in [-0.2, -0.15) is 0 Å². The van der Waals surface area contributed by atoms with Crippen molar-refractivity contribution in [3.63, 3.8) is 0 Å². The maximum atomic E-state index is 17.0. The number of halogens is 1. The Morgan fingerprint density at radius 2 is 1.03 bits per heavy atom. The summed E-state index contributed by atoms with van der Waals surface area (Å²) in [7, 11) is 0. The maximum Gasteiger partial charge on any atom is 0.160 e. The predicted octanol–water partition coefficient (Wildman–Crippen LogP) is 16.3. The van der Waals surface area contributed by atoms with Crippen molar-refractivity contribution in [1.29, 1.82) is 0 Å². The molecule has 0 atom stereocenters. The van der Waals surface area contributed by atoms with E-state index < -0.39 is 5.41 Å². The molecule has 0 unspecified atom stereocenters. The molecular formula is C61H39FN2O. The Hall–Kier alpha value is -8.47. The van der Waals surface area contributed by atoms with E-state index in [9.17, 15) is 0 Å². The zero-order chi connectivity index (χ0) is 43.1. The van der Waals surface area contributed by atoms with Crippen LogP contribution in [0.5, 0.6) is 0 Å². The molecular weight excluding hydrogens is 796 g/mol. The second-order valence-corrected chi connectivity index (χ2v) is 16.9. The van der Waals surface area contributed by atoms with E-state index in [1.807, 2.05) is 54.6 Å². The lowest BCUT2D eigenvalue weighted by molar-refractivity contribution is 0.631. The number of anilines is 3. The van der Waals surface area contributed by atoms with E-state index in [2.05, 4.69) is 185 Å². The molecule has 0 spiro atoms. The molecule has 3 nitrogen and oxygen atoms in total. The molecule has 4 heteroatoms. The third-order valence-electron chi connectivity index (χ3n) is 13.5. The van der Waals surface area contributed by atoms with Gasteiger partial charge in [-0.25, -0.2) is 4.39 Å². The van der Waals surface area contributed by atoms with Crippen LogP contribution < -0.4 is 4.90 Å². The van der Waals surface area contributed by atoms with Crippen LogP contribution in [0.3, 0.4) is 0 Å². The first-order valence-corrected chi connectivity index (χ1v) is 22.1. The predicted molar refractivity (Wildman–Crippen MR) is 265 cm³/mol. The van der Waals surface area contributed by atoms with Crippen molar-refractivity contribution in [3.05, 3.63) is 265 Å². The van der Waals surface area contributed by atoms with Crippen molar-refractivity contribution < 1.29 is 8.81 Å². The van der Waals surface area contributed by atoms with Gasteiger partial charge in [0.25, 0.3) is 0 Å². The molecule has 1 aliphatic rings. The van der Waals surface area contributed by atoms with Gasteiger partial charge in [0.1, 0.15) is 11.4 Å². The third kappa shape index (κ3) is 5.47. The number of furan rings is 1. The highest BCUT2D eigenvalue weighted by atomic mass is 19.1. The van der Waals surface area contributed by atoms with Crippen LogP contribution in [-0.4, -0.2) is 4.57 Å². The topological polar surface area (TPSA) is 21.3 Å². The summed E-state index contributed by atoms with van der Waals surface area (Å²) in [5.74, 6) is -0.308. The monoisotopic (exact) mass is 834 g/mol. The molecule has 0 radical (unpaired) electrons. The first-order valence-electron chi connectivity index (χ1n) is 22.1. The number of rotatable bonds is 7. The van der Waals surface area contributed by atoms with Gasteiger partial charge in [0, 0.05) is 44.2 Å². The zero-order valence-electron chi connectivity index (χ0n) is 35.2. The van der Waals surface area contributed by atoms with Crippen LogP contribution in [0.1, 0.15) is 22.3 Å². The van der Waals surface area contributed by atoms with E-state index in [4.69, 9.17) is 4.42 Å². The summed E-state index contributed by atoms with van der Waals surface area (Å²) in [5, 5.41) is 4.27. The Morgan fingerprint density at radius 3 is 1.77 bits per heavy atom. The van der Waals surface area contributed by atoms with Crippen molar-refractivity contribution >= 4 is 60.8 Å². The Labute approximate surface area is 375 Å². The molecule has 0 fully saturated rings. The van der Waals surface area contributed by atoms with Gasteiger partial charge in [0.15, 0.2) is 5.58 Å². The number of benzene rings is 10. The fourth-order valence-electron chi connectivity index (χ4n) is 10.8. The molecule has 13 rings (SSSR count). The maximum absolute atomic E-state index is 17.0. The number of hydrogen-bond acceptors (Lipinski definition) is 2. The number of nitrogens with zero attached hydrogens (tertiary/aromatic N) is 2. The third-order valence-corrected chi connectivity index (χ3v) is 13.5. The van der Waals surface area contributed by atoms with Crippen molar-refractivity contribution in [2.45, 2.75) is 5.41 Å². The average molecular weight is 835 g/mol. The highest BCUT2D eigenvalue weighted by Crippen LogP contribution is 2.61. The van der Waals surface area contributed by atoms with E-state index >= 15 is 4.39 Å². The summed E-state index contributed by atoms with van der Waals surface area (Å²) in [5.41, 5.74) is 14.8. The van der Waals surface area contributed by atoms with Crippen molar-refractivity contribution in [2.24, 2.45) is 0 Å². The van der Waals surface area contributed by atoms with Gasteiger partial charge >= 0.3 is 0 Å². The Bertz CT molecular complexity index is 3740. The minimum atomic E-state index is -0.698. The quantitative estimate of drug-likeness (QED) is 0.159. The lowest BCUT2D eigenvalue weighted by Crippen LogP contribution is -2.28. The Kier molecular flexibility index (Phi) is 8.31. The summed E-state index contributed by atoms with van der Waals surface area (Å²) in [6.07, 6.45) is 0. The molecule has 2 heterocycles. The van der Waals surface area contributed by atoms with Gasteiger partial charge in [-0.05, 0) is 106 Å². The average Bonchev–Trinajstić information content (AvgIpc) is 4.02. The van der Waals surface area contributed by atoms with Crippen molar-refractivity contribution in [2.75, 3.05) is 4.90 Å². The first kappa shape index (κ1) is 37.1. The van der Waals surface area contributed by atoms with Crippen LogP contribution >= 0.6 is 0 Å². The van der Waals surface area contributed by atoms with Crippen LogP contribution in [0.25, 0.3) is 71.7 Å². The van der Waals surface area contributed by atoms with Crippen LogP contribution in [0.4, 0.5) is 21.5 Å². The van der Waals surface area contributed by atoms with E-state index in [0.29, 0.717) is 11.3 Å². The molecule has 0 bridgehead atoms. The highest BCUT2D eigenvalue weighted by Gasteiger charge is 2.48. The van der Waals surface area contributed by atoms with Gasteiger partial charge < -0.3 is 13.9 Å². The smallest absolute Gasteiger partial charge is 0.160 e. The number of hydrogen-bond donors (Lipinski definition) is 0. The summed E-state index contributed by atoms with van der Waals surface area (Å²) in [4.78, 5) is 2.21. The van der Waals surface area contributed by atoms with Gasteiger partial charge in [0.2, 0.25) is 0 Å². The molecule has 0 amide bonds. The fraction of sp³-hybridized carbons (Fsp3) is 0.0164. The number of fused-ring (bicyclic) bond motifs is 10. The van der Waals surface area contributed by atoms with E-state index in [-0.39, 0.29) is 5.82 Å². The first-order chi connectivity index (χ1) is 32.2. The van der Waals surface area contributed by atoms with E-state index in [0.717, 1.165) is 88.6 Å². The summed E-state index contributed by atoms with van der Waals surface area (Å²) < 4.78 is 26.4. The van der Waals surface area contributed by atoms with Crippen molar-refractivity contribution in [1.82, 2.24) is 4.57 Å². The van der Waals surface area contributed by atoms with E-state index in [1.54, 1.807) is 6.07 Å². The SMILES string of the molecule is Fc1cc(N(c2ccc3c(c2)c2ccccc2n3-c2ccccc2)c2cc3c(c4c2oc2ccccc24)-c2ccccc2C3(c2ccccc2)c2ccccc2)ccc1-c1ccccc1. The van der Waals surface area contributed by atoms with Gasteiger partial charge in [-0.15, -0.1) is 0 Å². The minimum absolute atomic E-state index is 0.308. The summed E-state index contributed by atoms with van der Waals surface area (Å²) in [6, 6.07) is 82.3. The molecule has 10 aromatic carbocycles. The standard InChI is InChI=1S/C61H39FN2O/c62-53-38-45(33-35-46(53)40-19-5-1-6-20-40)63(44-34-36-55-50(37-44)47-27-14-17-31-54(47)64(55)43-25-11-4-12-26-43)56-39-52-58(59-49-29-15-18-32-57(49)65-60(56)59)48-28-13-16-30-51(48)61(52,41-21-7-2-8-22-41)42-23-9-3-10-24-42/h1-39H. The molecule has 0 N–H and O–H groups in total. The number of aromatic nitrogens is 1. The molecule has 12 aromatic rings. The largest absolute Gasteiger partial charge is 0.454 e. The minimum Gasteiger partial charge on any atom is -0.454 e. The second-order valence-electron chi connectivity index (χ2n) is 16.9. The number of para-hydroxylation sites is 3. The highest BCUT2D eigenvalue weighted by molar-refractivity contribution is 6.20. The normalized spacial score (nSPS) is 12.8. The van der Waals surface area contributed by atoms with Gasteiger partial charge in [-0.1, -0.05) is 170 Å². The van der Waals surface area contributed by atoms with Gasteiger partial charge in [-0.3, -0.25) is 0 Å². The van der Waals surface area contributed by atoms with Crippen LogP contribution in [-0.2, 0) is 5.41 Å². The van der Waals surface area contributed by atoms with E-state index in [1.165, 1.54) is 11.1 Å². The molecule has 1 aliphatic carbocycles. The second kappa shape index (κ2) is 14.5. The fourth-order valence-corrected chi connectivity index (χ4v) is 10.8. The Morgan fingerprint density at radius 1 is 0.446 bits per heavy atom. The molecule has 0 aliphatic heterocycles. The summed E-state index contributed by atoms with van der Waals surface area (Å²) >= 11 is 0.